The van der Waals surface area contributed by atoms with E-state index in [4.69, 9.17) is 4.42 Å². The summed E-state index contributed by atoms with van der Waals surface area (Å²) in [6.07, 6.45) is 4.82. The molecule has 0 unspecified atom stereocenters. The van der Waals surface area contributed by atoms with Crippen LogP contribution in [0.25, 0.3) is 0 Å². The molecule has 0 atom stereocenters. The third kappa shape index (κ3) is 5.19. The number of furan rings is 1. The number of carbonyl (C=O) groups is 4. The number of carbonyl (C=O) groups excluding carboxylic acids is 4. The SMILES string of the molecule is COC(=O)CC(=O)N1CCC(NC(=O)c2nccnc2NC(=O)c2ccco2)CC1. The topological polar surface area (TPSA) is 144 Å². The molecule has 0 saturated carbocycles. The zero-order valence-corrected chi connectivity index (χ0v) is 16.3. The van der Waals surface area contributed by atoms with E-state index in [0.29, 0.717) is 25.9 Å². The van der Waals surface area contributed by atoms with E-state index in [1.165, 1.54) is 31.8 Å². The number of hydrogen-bond donors (Lipinski definition) is 2. The number of amides is 3. The van der Waals surface area contributed by atoms with Crippen LogP contribution in [0.1, 0.15) is 40.3 Å². The van der Waals surface area contributed by atoms with Crippen LogP contribution in [0.2, 0.25) is 0 Å². The minimum atomic E-state index is -0.581. The quantitative estimate of drug-likeness (QED) is 0.516. The van der Waals surface area contributed by atoms with Gasteiger partial charge in [0.2, 0.25) is 5.91 Å². The second-order valence-corrected chi connectivity index (χ2v) is 6.57. The van der Waals surface area contributed by atoms with Crippen molar-refractivity contribution in [3.63, 3.8) is 0 Å². The third-order valence-corrected chi connectivity index (χ3v) is 4.60. The smallest absolute Gasteiger partial charge is 0.315 e. The molecule has 2 N–H and O–H groups in total. The van der Waals surface area contributed by atoms with Gasteiger partial charge in [-0.25, -0.2) is 9.97 Å². The molecule has 0 aliphatic carbocycles. The maximum atomic E-state index is 12.7. The number of esters is 1. The van der Waals surface area contributed by atoms with E-state index >= 15 is 0 Å². The van der Waals surface area contributed by atoms with Gasteiger partial charge in [0, 0.05) is 31.5 Å². The molecule has 0 aromatic carbocycles. The van der Waals surface area contributed by atoms with Gasteiger partial charge in [-0.05, 0) is 25.0 Å². The molecule has 30 heavy (non-hydrogen) atoms. The van der Waals surface area contributed by atoms with Gasteiger partial charge in [-0.3, -0.25) is 19.2 Å². The van der Waals surface area contributed by atoms with Gasteiger partial charge in [0.05, 0.1) is 13.4 Å². The van der Waals surface area contributed by atoms with Crippen LogP contribution in [0, 0.1) is 0 Å². The zero-order chi connectivity index (χ0) is 21.5. The van der Waals surface area contributed by atoms with Crippen molar-refractivity contribution in [3.8, 4) is 0 Å². The highest BCUT2D eigenvalue weighted by atomic mass is 16.5. The molecule has 1 saturated heterocycles. The van der Waals surface area contributed by atoms with Crippen molar-refractivity contribution < 1.29 is 28.3 Å². The van der Waals surface area contributed by atoms with Gasteiger partial charge in [0.15, 0.2) is 17.3 Å². The highest BCUT2D eigenvalue weighted by Crippen LogP contribution is 2.15. The predicted molar refractivity (Wildman–Crippen MR) is 102 cm³/mol. The Kier molecular flexibility index (Phi) is 6.73. The molecule has 0 spiro atoms. The van der Waals surface area contributed by atoms with Crippen molar-refractivity contribution in [2.45, 2.75) is 25.3 Å². The molecule has 2 aromatic heterocycles. The number of hydrogen-bond acceptors (Lipinski definition) is 8. The summed E-state index contributed by atoms with van der Waals surface area (Å²) >= 11 is 0. The number of nitrogens with one attached hydrogen (secondary N) is 2. The molecule has 1 aliphatic heterocycles. The Hall–Kier alpha value is -3.76. The second-order valence-electron chi connectivity index (χ2n) is 6.57. The van der Waals surface area contributed by atoms with Gasteiger partial charge in [0.1, 0.15) is 6.42 Å². The Bertz CT molecular complexity index is 921. The fraction of sp³-hybridized carbons (Fsp3) is 0.368. The van der Waals surface area contributed by atoms with E-state index in [1.54, 1.807) is 11.0 Å². The first-order valence-corrected chi connectivity index (χ1v) is 9.29. The van der Waals surface area contributed by atoms with E-state index in [0.717, 1.165) is 0 Å². The summed E-state index contributed by atoms with van der Waals surface area (Å²) < 4.78 is 9.53. The molecule has 0 radical (unpaired) electrons. The predicted octanol–water partition coefficient (Wildman–Crippen LogP) is 0.606. The number of nitrogens with zero attached hydrogens (tertiary/aromatic N) is 3. The summed E-state index contributed by atoms with van der Waals surface area (Å²) in [6.45, 7) is 0.812. The summed E-state index contributed by atoms with van der Waals surface area (Å²) in [5.41, 5.74) is -0.0263. The number of methoxy groups -OCH3 is 1. The number of anilines is 1. The molecule has 11 heteroatoms. The minimum Gasteiger partial charge on any atom is -0.469 e. The number of likely N-dealkylation sites (tertiary alicyclic amines) is 1. The number of aromatic nitrogens is 2. The molecule has 0 bridgehead atoms. The highest BCUT2D eigenvalue weighted by Gasteiger charge is 2.27. The zero-order valence-electron chi connectivity index (χ0n) is 16.3. The van der Waals surface area contributed by atoms with E-state index in [9.17, 15) is 19.2 Å². The summed E-state index contributed by atoms with van der Waals surface area (Å²) in [7, 11) is 1.23. The molecule has 1 aliphatic rings. The van der Waals surface area contributed by atoms with Gasteiger partial charge in [0.25, 0.3) is 11.8 Å². The normalized spacial score (nSPS) is 14.1. The van der Waals surface area contributed by atoms with Gasteiger partial charge in [-0.1, -0.05) is 0 Å². The highest BCUT2D eigenvalue weighted by molar-refractivity contribution is 6.06. The lowest BCUT2D eigenvalue weighted by atomic mass is 10.0. The summed E-state index contributed by atoms with van der Waals surface area (Å²) in [6, 6.07) is 2.87. The second kappa shape index (κ2) is 9.63. The first kappa shape index (κ1) is 21.0. The standard InChI is InChI=1S/C19H21N5O6/c1-29-15(26)11-14(25)24-8-4-12(5-9-24)22-19(28)16-17(21-7-6-20-16)23-18(27)13-3-2-10-30-13/h2-3,6-7,10,12H,4-5,8-9,11H2,1H3,(H,22,28)(H,21,23,27). The first-order chi connectivity index (χ1) is 14.5. The van der Waals surface area contributed by atoms with Gasteiger partial charge < -0.3 is 24.7 Å². The molecular weight excluding hydrogens is 394 g/mol. The van der Waals surface area contributed by atoms with E-state index in [-0.39, 0.29) is 35.6 Å². The summed E-state index contributed by atoms with van der Waals surface area (Å²) in [5, 5.41) is 5.36. The Balaban J connectivity index is 1.56. The average molecular weight is 415 g/mol. The van der Waals surface area contributed by atoms with Gasteiger partial charge in [-0.15, -0.1) is 0 Å². The van der Waals surface area contributed by atoms with E-state index < -0.39 is 17.8 Å². The minimum absolute atomic E-state index is 0.0158. The van der Waals surface area contributed by atoms with Crippen LogP contribution in [-0.2, 0) is 14.3 Å². The molecule has 2 aromatic rings. The maximum absolute atomic E-state index is 12.7. The van der Waals surface area contributed by atoms with Crippen molar-refractivity contribution in [2.75, 3.05) is 25.5 Å². The van der Waals surface area contributed by atoms with Gasteiger partial charge >= 0.3 is 5.97 Å². The van der Waals surface area contributed by atoms with Crippen molar-refractivity contribution in [2.24, 2.45) is 0 Å². The molecule has 158 valence electrons. The lowest BCUT2D eigenvalue weighted by Crippen LogP contribution is -2.47. The van der Waals surface area contributed by atoms with Crippen LogP contribution in [0.4, 0.5) is 5.82 Å². The molecule has 1 fully saturated rings. The van der Waals surface area contributed by atoms with Crippen molar-refractivity contribution in [3.05, 3.63) is 42.2 Å². The molecule has 3 rings (SSSR count). The van der Waals surface area contributed by atoms with Crippen LogP contribution >= 0.6 is 0 Å². The largest absolute Gasteiger partial charge is 0.469 e. The Morgan fingerprint density at radius 2 is 1.90 bits per heavy atom. The average Bonchev–Trinajstić information content (AvgIpc) is 3.29. The first-order valence-electron chi connectivity index (χ1n) is 9.29. The Morgan fingerprint density at radius 3 is 2.57 bits per heavy atom. The van der Waals surface area contributed by atoms with Crippen LogP contribution in [0.15, 0.2) is 35.2 Å². The van der Waals surface area contributed by atoms with Crippen LogP contribution in [0.5, 0.6) is 0 Å². The monoisotopic (exact) mass is 415 g/mol. The summed E-state index contributed by atoms with van der Waals surface area (Å²) in [5.74, 6) is -1.83. The lowest BCUT2D eigenvalue weighted by molar-refractivity contribution is -0.147. The number of piperidine rings is 1. The fourth-order valence-corrected chi connectivity index (χ4v) is 3.01. The van der Waals surface area contributed by atoms with Crippen LogP contribution in [0.3, 0.4) is 0 Å². The van der Waals surface area contributed by atoms with Crippen LogP contribution < -0.4 is 10.6 Å². The number of ether oxygens (including phenoxy) is 1. The molecular formula is C19H21N5O6. The van der Waals surface area contributed by atoms with E-state index in [1.807, 2.05) is 0 Å². The Labute approximate surface area is 171 Å². The third-order valence-electron chi connectivity index (χ3n) is 4.60. The van der Waals surface area contributed by atoms with E-state index in [2.05, 4.69) is 25.3 Å². The lowest BCUT2D eigenvalue weighted by Gasteiger charge is -2.32. The Morgan fingerprint density at radius 1 is 1.17 bits per heavy atom. The summed E-state index contributed by atoms with van der Waals surface area (Å²) in [4.78, 5) is 57.7. The molecule has 3 amide bonds. The van der Waals surface area contributed by atoms with Crippen molar-refractivity contribution in [1.29, 1.82) is 0 Å². The fourth-order valence-electron chi connectivity index (χ4n) is 3.01. The maximum Gasteiger partial charge on any atom is 0.315 e. The van der Waals surface area contributed by atoms with Crippen molar-refractivity contribution >= 4 is 29.5 Å². The molecule has 11 nitrogen and oxygen atoms in total. The molecule has 3 heterocycles. The van der Waals surface area contributed by atoms with Crippen molar-refractivity contribution in [1.82, 2.24) is 20.2 Å². The van der Waals surface area contributed by atoms with Gasteiger partial charge in [-0.2, -0.15) is 0 Å². The number of rotatable bonds is 6. The van der Waals surface area contributed by atoms with Crippen LogP contribution in [-0.4, -0.2) is 64.8 Å².